The van der Waals surface area contributed by atoms with Crippen LogP contribution in [0.5, 0.6) is 5.75 Å². The number of amides is 2. The van der Waals surface area contributed by atoms with Gasteiger partial charge in [0.15, 0.2) is 5.69 Å². The highest BCUT2D eigenvalue weighted by Gasteiger charge is 2.17. The second-order valence-corrected chi connectivity index (χ2v) is 7.71. The Kier molecular flexibility index (Phi) is 8.57. The van der Waals surface area contributed by atoms with Gasteiger partial charge in [-0.2, -0.15) is 5.10 Å². The fourth-order valence-corrected chi connectivity index (χ4v) is 3.49. The number of nitrogens with one attached hydrogen (secondary N) is 2. The minimum atomic E-state index is -0.565. The molecule has 2 N–H and O–H groups in total. The summed E-state index contributed by atoms with van der Waals surface area (Å²) in [6, 6.07) is 14.4. The summed E-state index contributed by atoms with van der Waals surface area (Å²) in [5.41, 5.74) is 5.75. The summed E-state index contributed by atoms with van der Waals surface area (Å²) >= 11 is 0. The van der Waals surface area contributed by atoms with Crippen LogP contribution >= 0.6 is 0 Å². The predicted octanol–water partition coefficient (Wildman–Crippen LogP) is 3.38. The molecule has 0 aliphatic rings. The molecular weight excluding hydrogens is 420 g/mol. The van der Waals surface area contributed by atoms with Gasteiger partial charge >= 0.3 is 0 Å². The highest BCUT2D eigenvalue weighted by molar-refractivity contribution is 6.05. The minimum absolute atomic E-state index is 0.105. The van der Waals surface area contributed by atoms with Gasteiger partial charge in [-0.15, -0.1) is 0 Å². The first kappa shape index (κ1) is 24.0. The van der Waals surface area contributed by atoms with Gasteiger partial charge in [0.2, 0.25) is 5.91 Å². The van der Waals surface area contributed by atoms with E-state index in [1.807, 2.05) is 31.2 Å². The zero-order valence-electron chi connectivity index (χ0n) is 19.1. The van der Waals surface area contributed by atoms with Crippen molar-refractivity contribution < 1.29 is 14.3 Å². The Morgan fingerprint density at radius 1 is 0.970 bits per heavy atom. The zero-order valence-corrected chi connectivity index (χ0v) is 19.1. The van der Waals surface area contributed by atoms with Crippen molar-refractivity contribution in [3.8, 4) is 5.75 Å². The van der Waals surface area contributed by atoms with E-state index < -0.39 is 5.91 Å². The number of carbonyl (C=O) groups excluding carboxylic acids is 2. The third kappa shape index (κ3) is 6.41. The Hall–Kier alpha value is -3.68. The molecule has 0 aliphatic carbocycles. The van der Waals surface area contributed by atoms with Crippen LogP contribution in [0.25, 0.3) is 10.8 Å². The maximum atomic E-state index is 12.8. The van der Waals surface area contributed by atoms with Crippen LogP contribution in [-0.2, 0) is 17.8 Å². The van der Waals surface area contributed by atoms with Crippen molar-refractivity contribution >= 4 is 22.6 Å². The second-order valence-electron chi connectivity index (χ2n) is 7.71. The lowest BCUT2D eigenvalue weighted by atomic mass is 10.1. The molecule has 0 bridgehead atoms. The van der Waals surface area contributed by atoms with Crippen LogP contribution in [-0.4, -0.2) is 28.2 Å². The summed E-state index contributed by atoms with van der Waals surface area (Å²) in [6.07, 6.45) is 3.51. The van der Waals surface area contributed by atoms with E-state index >= 15 is 0 Å². The quantitative estimate of drug-likeness (QED) is 0.364. The van der Waals surface area contributed by atoms with Crippen LogP contribution < -0.4 is 21.1 Å². The van der Waals surface area contributed by atoms with Crippen molar-refractivity contribution in [1.82, 2.24) is 20.6 Å². The molecule has 174 valence electrons. The number of aromatic nitrogens is 2. The molecule has 8 heteroatoms. The number of fused-ring (bicyclic) bond motifs is 1. The Bertz CT molecular complexity index is 1160. The Morgan fingerprint density at radius 3 is 2.39 bits per heavy atom. The van der Waals surface area contributed by atoms with Crippen molar-refractivity contribution in [1.29, 1.82) is 0 Å². The summed E-state index contributed by atoms with van der Waals surface area (Å²) in [4.78, 5) is 37.8. The molecule has 0 spiro atoms. The standard InChI is InChI=1S/C25H30N4O4/c1-3-5-8-17-29-25(32)21-10-7-6-9-20(21)23(28-29)24(31)27-26-22(30)16-13-18-11-14-19(15-12-18)33-4-2/h6-7,9-12,14-15H,3-5,8,13,16-17H2,1-2H3,(H,26,30)(H,27,31). The maximum Gasteiger partial charge on any atom is 0.290 e. The van der Waals surface area contributed by atoms with Crippen molar-refractivity contribution in [3.63, 3.8) is 0 Å². The van der Waals surface area contributed by atoms with Gasteiger partial charge in [-0.3, -0.25) is 25.2 Å². The van der Waals surface area contributed by atoms with Crippen LogP contribution in [0.1, 0.15) is 55.6 Å². The Balaban J connectivity index is 1.64. The van der Waals surface area contributed by atoms with Gasteiger partial charge in [-0.1, -0.05) is 50.1 Å². The van der Waals surface area contributed by atoms with Crippen LogP contribution in [0.15, 0.2) is 53.3 Å². The first-order valence-electron chi connectivity index (χ1n) is 11.3. The summed E-state index contributed by atoms with van der Waals surface area (Å²) in [5.74, 6) is -0.101. The predicted molar refractivity (Wildman–Crippen MR) is 127 cm³/mol. The molecule has 0 atom stereocenters. The van der Waals surface area contributed by atoms with Crippen LogP contribution in [0.2, 0.25) is 0 Å². The minimum Gasteiger partial charge on any atom is -0.494 e. The monoisotopic (exact) mass is 450 g/mol. The third-order valence-electron chi connectivity index (χ3n) is 5.25. The molecule has 0 unspecified atom stereocenters. The Morgan fingerprint density at radius 2 is 1.70 bits per heavy atom. The second kappa shape index (κ2) is 11.8. The van der Waals surface area contributed by atoms with E-state index in [2.05, 4.69) is 22.9 Å². The average Bonchev–Trinajstić information content (AvgIpc) is 2.84. The summed E-state index contributed by atoms with van der Waals surface area (Å²) in [6.45, 7) is 5.04. The number of ether oxygens (including phenoxy) is 1. The fourth-order valence-electron chi connectivity index (χ4n) is 3.49. The highest BCUT2D eigenvalue weighted by atomic mass is 16.5. The molecule has 0 saturated heterocycles. The smallest absolute Gasteiger partial charge is 0.290 e. The molecule has 1 aromatic heterocycles. The fraction of sp³-hybridized carbons (Fsp3) is 0.360. The third-order valence-corrected chi connectivity index (χ3v) is 5.25. The molecule has 0 aliphatic heterocycles. The number of rotatable bonds is 10. The van der Waals surface area contributed by atoms with Gasteiger partial charge < -0.3 is 4.74 Å². The highest BCUT2D eigenvalue weighted by Crippen LogP contribution is 2.14. The van der Waals surface area contributed by atoms with Crippen LogP contribution in [0, 0.1) is 0 Å². The Labute approximate surface area is 192 Å². The average molecular weight is 451 g/mol. The van der Waals surface area contributed by atoms with Gasteiger partial charge in [0, 0.05) is 18.4 Å². The maximum absolute atomic E-state index is 12.8. The van der Waals surface area contributed by atoms with E-state index in [-0.39, 0.29) is 23.6 Å². The molecule has 0 fully saturated rings. The molecule has 33 heavy (non-hydrogen) atoms. The molecular formula is C25H30N4O4. The molecule has 2 aromatic carbocycles. The summed E-state index contributed by atoms with van der Waals surface area (Å²) in [5, 5.41) is 5.18. The first-order valence-corrected chi connectivity index (χ1v) is 11.3. The lowest BCUT2D eigenvalue weighted by Crippen LogP contribution is -2.43. The van der Waals surface area contributed by atoms with E-state index in [1.165, 1.54) is 4.68 Å². The molecule has 2 amide bonds. The van der Waals surface area contributed by atoms with E-state index in [4.69, 9.17) is 4.74 Å². The number of hydrazine groups is 1. The van der Waals surface area contributed by atoms with E-state index in [9.17, 15) is 14.4 Å². The van der Waals surface area contributed by atoms with Crippen molar-refractivity contribution in [2.24, 2.45) is 0 Å². The zero-order chi connectivity index (χ0) is 23.6. The number of hydrogen-bond acceptors (Lipinski definition) is 5. The molecule has 0 saturated carbocycles. The first-order chi connectivity index (χ1) is 16.0. The lowest BCUT2D eigenvalue weighted by molar-refractivity contribution is -0.121. The van der Waals surface area contributed by atoms with Gasteiger partial charge in [-0.05, 0) is 43.5 Å². The lowest BCUT2D eigenvalue weighted by Gasteiger charge is -2.12. The summed E-state index contributed by atoms with van der Waals surface area (Å²) < 4.78 is 6.75. The van der Waals surface area contributed by atoms with Crippen molar-refractivity contribution in [3.05, 3.63) is 70.1 Å². The molecule has 8 nitrogen and oxygen atoms in total. The van der Waals surface area contributed by atoms with Crippen LogP contribution in [0.4, 0.5) is 0 Å². The van der Waals surface area contributed by atoms with Crippen molar-refractivity contribution in [2.45, 2.75) is 52.5 Å². The van der Waals surface area contributed by atoms with E-state index in [0.29, 0.717) is 30.3 Å². The number of aryl methyl sites for hydroxylation is 2. The molecule has 3 aromatic rings. The van der Waals surface area contributed by atoms with Crippen molar-refractivity contribution in [2.75, 3.05) is 6.61 Å². The number of unbranched alkanes of at least 4 members (excludes halogenated alkanes) is 2. The molecule has 1 heterocycles. The SMILES string of the molecule is CCCCCn1nc(C(=O)NNC(=O)CCc2ccc(OCC)cc2)c2ccccc2c1=O. The molecule has 0 radical (unpaired) electrons. The van der Waals surface area contributed by atoms with Gasteiger partial charge in [0.05, 0.1) is 12.0 Å². The van der Waals surface area contributed by atoms with Gasteiger partial charge in [0.25, 0.3) is 11.5 Å². The van der Waals surface area contributed by atoms with Gasteiger partial charge in [-0.25, -0.2) is 4.68 Å². The van der Waals surface area contributed by atoms with E-state index in [0.717, 1.165) is 30.6 Å². The number of benzene rings is 2. The van der Waals surface area contributed by atoms with E-state index in [1.54, 1.807) is 24.3 Å². The number of carbonyl (C=O) groups is 2. The largest absolute Gasteiger partial charge is 0.494 e. The van der Waals surface area contributed by atoms with Crippen LogP contribution in [0.3, 0.4) is 0 Å². The number of nitrogens with zero attached hydrogens (tertiary/aromatic N) is 2. The normalized spacial score (nSPS) is 10.7. The number of hydrogen-bond donors (Lipinski definition) is 2. The topological polar surface area (TPSA) is 102 Å². The molecule has 3 rings (SSSR count). The summed E-state index contributed by atoms with van der Waals surface area (Å²) in [7, 11) is 0. The van der Waals surface area contributed by atoms with Gasteiger partial charge in [0.1, 0.15) is 5.75 Å².